The number of hydrogen-bond acceptors (Lipinski definition) is 3. The molecule has 29 heavy (non-hydrogen) atoms. The first-order valence-corrected chi connectivity index (χ1v) is 10.4. The summed E-state index contributed by atoms with van der Waals surface area (Å²) in [5.41, 5.74) is 9.81. The van der Waals surface area contributed by atoms with E-state index < -0.39 is 6.04 Å². The Kier molecular flexibility index (Phi) is 6.83. The summed E-state index contributed by atoms with van der Waals surface area (Å²) in [5, 5.41) is 3.99. The van der Waals surface area contributed by atoms with Crippen LogP contribution in [0.25, 0.3) is 0 Å². The quantitative estimate of drug-likeness (QED) is 0.708. The van der Waals surface area contributed by atoms with E-state index in [9.17, 15) is 9.59 Å². The fraction of sp³-hybridized carbons (Fsp3) is 0.364. The first kappa shape index (κ1) is 21.6. The molecule has 0 radical (unpaired) electrons. The van der Waals surface area contributed by atoms with Crippen molar-refractivity contribution in [3.05, 3.63) is 63.1 Å². The molecule has 3 N–H and O–H groups in total. The molecule has 2 amide bonds. The molecule has 1 heterocycles. The second-order valence-corrected chi connectivity index (χ2v) is 8.37. The predicted molar refractivity (Wildman–Crippen MR) is 117 cm³/mol. The molecule has 2 aromatic rings. The minimum Gasteiger partial charge on any atom is -0.333 e. The number of rotatable bonds is 6. The Morgan fingerprint density at radius 2 is 1.86 bits per heavy atom. The molecule has 1 unspecified atom stereocenters. The topological polar surface area (TPSA) is 75.4 Å². The highest BCUT2D eigenvalue weighted by Gasteiger charge is 2.28. The van der Waals surface area contributed by atoms with E-state index in [2.05, 4.69) is 5.32 Å². The highest BCUT2D eigenvalue weighted by atomic mass is 35.5. The Balaban J connectivity index is 1.64. The van der Waals surface area contributed by atoms with Crippen molar-refractivity contribution >= 4 is 40.7 Å². The zero-order chi connectivity index (χ0) is 21.1. The molecule has 154 valence electrons. The van der Waals surface area contributed by atoms with Gasteiger partial charge >= 0.3 is 0 Å². The molecule has 0 spiro atoms. The minimum absolute atomic E-state index is 0.000227. The van der Waals surface area contributed by atoms with E-state index in [0.29, 0.717) is 29.6 Å². The maximum absolute atomic E-state index is 12.8. The second kappa shape index (κ2) is 9.16. The van der Waals surface area contributed by atoms with E-state index >= 15 is 0 Å². The van der Waals surface area contributed by atoms with Gasteiger partial charge in [0.25, 0.3) is 0 Å². The molecule has 0 aliphatic carbocycles. The summed E-state index contributed by atoms with van der Waals surface area (Å²) in [6.45, 7) is 4.87. The summed E-state index contributed by atoms with van der Waals surface area (Å²) >= 11 is 12.1. The Hall–Kier alpha value is -2.08. The highest BCUT2D eigenvalue weighted by molar-refractivity contribution is 6.35. The summed E-state index contributed by atoms with van der Waals surface area (Å²) in [6, 6.07) is 10.3. The fourth-order valence-electron chi connectivity index (χ4n) is 3.32. The maximum atomic E-state index is 12.8. The number of amides is 2. The third-order valence-electron chi connectivity index (χ3n) is 5.34. The average Bonchev–Trinajstić information content (AvgIpc) is 3.12. The third-order valence-corrected chi connectivity index (χ3v) is 5.93. The monoisotopic (exact) mass is 433 g/mol. The predicted octanol–water partition coefficient (Wildman–Crippen LogP) is 4.39. The van der Waals surface area contributed by atoms with Gasteiger partial charge in [-0.3, -0.25) is 9.59 Å². The molecule has 0 saturated carbocycles. The van der Waals surface area contributed by atoms with Crippen LogP contribution in [0.4, 0.5) is 5.69 Å². The van der Waals surface area contributed by atoms with Crippen LogP contribution in [0.15, 0.2) is 36.4 Å². The molecule has 5 nitrogen and oxygen atoms in total. The van der Waals surface area contributed by atoms with Crippen LogP contribution in [0.3, 0.4) is 0 Å². The van der Waals surface area contributed by atoms with Gasteiger partial charge in [0.1, 0.15) is 0 Å². The summed E-state index contributed by atoms with van der Waals surface area (Å²) in [6.07, 6.45) is 1.13. The number of benzene rings is 2. The Morgan fingerprint density at radius 3 is 2.55 bits per heavy atom. The van der Waals surface area contributed by atoms with Gasteiger partial charge in [0, 0.05) is 34.7 Å². The Morgan fingerprint density at radius 1 is 1.14 bits per heavy atom. The van der Waals surface area contributed by atoms with Crippen LogP contribution >= 0.6 is 23.2 Å². The fourth-order valence-corrected chi connectivity index (χ4v) is 3.81. The normalized spacial score (nSPS) is 15.0. The first-order valence-electron chi connectivity index (χ1n) is 9.69. The van der Waals surface area contributed by atoms with Crippen molar-refractivity contribution in [3.63, 3.8) is 0 Å². The second-order valence-electron chi connectivity index (χ2n) is 7.52. The zero-order valence-electron chi connectivity index (χ0n) is 16.5. The van der Waals surface area contributed by atoms with Gasteiger partial charge in [-0.25, -0.2) is 0 Å². The molecule has 0 aromatic heterocycles. The van der Waals surface area contributed by atoms with Crippen molar-refractivity contribution in [3.8, 4) is 0 Å². The van der Waals surface area contributed by atoms with Crippen LogP contribution in [0, 0.1) is 5.92 Å². The van der Waals surface area contributed by atoms with E-state index in [-0.39, 0.29) is 17.7 Å². The lowest BCUT2D eigenvalue weighted by Crippen LogP contribution is -2.42. The van der Waals surface area contributed by atoms with Crippen molar-refractivity contribution in [1.82, 2.24) is 4.90 Å². The van der Waals surface area contributed by atoms with Crippen LogP contribution in [0.1, 0.15) is 37.0 Å². The molecule has 0 fully saturated rings. The molecule has 1 aliphatic rings. The van der Waals surface area contributed by atoms with Gasteiger partial charge in [-0.05, 0) is 53.8 Å². The SMILES string of the molecule is CCC(C)C(=O)Nc1ccc2c(c1)CN(C(=O)[C@H](N)Cc1ccc(Cl)cc1Cl)C2. The van der Waals surface area contributed by atoms with Crippen LogP contribution in [0.5, 0.6) is 0 Å². The highest BCUT2D eigenvalue weighted by Crippen LogP contribution is 2.27. The van der Waals surface area contributed by atoms with Crippen molar-refractivity contribution in [2.45, 2.75) is 45.8 Å². The standard InChI is InChI=1S/C22H25Cl2N3O2/c1-3-13(2)21(28)26-18-7-5-15-11-27(12-16(15)8-18)22(29)20(25)9-14-4-6-17(23)10-19(14)24/h4-8,10,13,20H,3,9,11-12,25H2,1-2H3,(H,26,28)/t13?,20-/m1/s1. The Bertz CT molecular complexity index is 932. The molecular formula is C22H25Cl2N3O2. The smallest absolute Gasteiger partial charge is 0.240 e. The molecule has 7 heteroatoms. The summed E-state index contributed by atoms with van der Waals surface area (Å²) in [5.74, 6) is -0.170. The number of nitrogens with one attached hydrogen (secondary N) is 1. The summed E-state index contributed by atoms with van der Waals surface area (Å²) in [7, 11) is 0. The molecule has 0 bridgehead atoms. The van der Waals surface area contributed by atoms with E-state index in [1.54, 1.807) is 23.1 Å². The Labute approximate surface area is 181 Å². The van der Waals surface area contributed by atoms with Crippen molar-refractivity contribution in [2.24, 2.45) is 11.7 Å². The number of anilines is 1. The van der Waals surface area contributed by atoms with E-state index in [1.165, 1.54) is 0 Å². The maximum Gasteiger partial charge on any atom is 0.240 e. The van der Waals surface area contributed by atoms with Crippen LogP contribution < -0.4 is 11.1 Å². The van der Waals surface area contributed by atoms with Gasteiger partial charge in [0.15, 0.2) is 0 Å². The van der Waals surface area contributed by atoms with Crippen LogP contribution in [-0.4, -0.2) is 22.8 Å². The number of fused-ring (bicyclic) bond motifs is 1. The lowest BCUT2D eigenvalue weighted by molar-refractivity contribution is -0.133. The zero-order valence-corrected chi connectivity index (χ0v) is 18.1. The van der Waals surface area contributed by atoms with Gasteiger partial charge in [-0.1, -0.05) is 49.2 Å². The number of hydrogen-bond donors (Lipinski definition) is 2. The third kappa shape index (κ3) is 5.10. The van der Waals surface area contributed by atoms with Gasteiger partial charge in [-0.2, -0.15) is 0 Å². The van der Waals surface area contributed by atoms with Gasteiger partial charge in [-0.15, -0.1) is 0 Å². The van der Waals surface area contributed by atoms with E-state index in [4.69, 9.17) is 28.9 Å². The molecule has 2 aromatic carbocycles. The molecule has 3 rings (SSSR count). The average molecular weight is 434 g/mol. The van der Waals surface area contributed by atoms with Crippen LogP contribution in [-0.2, 0) is 29.1 Å². The molecule has 1 aliphatic heterocycles. The number of nitrogens with zero attached hydrogens (tertiary/aromatic N) is 1. The minimum atomic E-state index is -0.687. The number of halogens is 2. The first-order chi connectivity index (χ1) is 13.8. The van der Waals surface area contributed by atoms with Gasteiger partial charge in [0.05, 0.1) is 6.04 Å². The van der Waals surface area contributed by atoms with Crippen molar-refractivity contribution < 1.29 is 9.59 Å². The summed E-state index contributed by atoms with van der Waals surface area (Å²) < 4.78 is 0. The van der Waals surface area contributed by atoms with E-state index in [0.717, 1.165) is 28.8 Å². The van der Waals surface area contributed by atoms with E-state index in [1.807, 2.05) is 32.0 Å². The molecule has 0 saturated heterocycles. The lowest BCUT2D eigenvalue weighted by atomic mass is 10.1. The van der Waals surface area contributed by atoms with Crippen molar-refractivity contribution in [2.75, 3.05) is 5.32 Å². The molecule has 2 atom stereocenters. The number of carbonyl (C=O) groups excluding carboxylic acids is 2. The van der Waals surface area contributed by atoms with Crippen molar-refractivity contribution in [1.29, 1.82) is 0 Å². The number of carbonyl (C=O) groups is 2. The molecular weight excluding hydrogens is 409 g/mol. The lowest BCUT2D eigenvalue weighted by Gasteiger charge is -2.20. The van der Waals surface area contributed by atoms with Gasteiger partial charge < -0.3 is 16.0 Å². The largest absolute Gasteiger partial charge is 0.333 e. The summed E-state index contributed by atoms with van der Waals surface area (Å²) in [4.78, 5) is 26.7. The van der Waals surface area contributed by atoms with Crippen LogP contribution in [0.2, 0.25) is 10.0 Å². The van der Waals surface area contributed by atoms with Gasteiger partial charge in [0.2, 0.25) is 11.8 Å². The number of nitrogens with two attached hydrogens (primary N) is 1.